The number of nitrogens with two attached hydrogens (primary N) is 1. The van der Waals surface area contributed by atoms with E-state index in [1.807, 2.05) is 0 Å². The van der Waals surface area contributed by atoms with E-state index in [1.165, 1.54) is 12.1 Å². The number of benzene rings is 1. The van der Waals surface area contributed by atoms with E-state index in [-0.39, 0.29) is 29.3 Å². The van der Waals surface area contributed by atoms with Crippen LogP contribution in [-0.2, 0) is 10.0 Å². The molecule has 1 saturated heterocycles. The molecule has 7 nitrogen and oxygen atoms in total. The molecule has 110 valence electrons. The fraction of sp³-hybridized carbons (Fsp3) is 0.417. The Morgan fingerprint density at radius 2 is 2.15 bits per heavy atom. The van der Waals surface area contributed by atoms with Crippen molar-refractivity contribution in [2.75, 3.05) is 18.9 Å². The van der Waals surface area contributed by atoms with Gasteiger partial charge in [-0.3, -0.25) is 0 Å². The highest BCUT2D eigenvalue weighted by Gasteiger charge is 2.36. The lowest BCUT2D eigenvalue weighted by Crippen LogP contribution is -2.38. The van der Waals surface area contributed by atoms with Crippen LogP contribution >= 0.6 is 0 Å². The zero-order valence-corrected chi connectivity index (χ0v) is 11.5. The van der Waals surface area contributed by atoms with Gasteiger partial charge in [0.15, 0.2) is 0 Å². The van der Waals surface area contributed by atoms with E-state index in [0.717, 1.165) is 10.4 Å². The first-order chi connectivity index (χ1) is 9.37. The number of rotatable bonds is 4. The van der Waals surface area contributed by atoms with Crippen molar-refractivity contribution in [3.8, 4) is 0 Å². The molecule has 0 aromatic heterocycles. The number of aliphatic hydroxyl groups excluding tert-OH is 1. The van der Waals surface area contributed by atoms with Crippen LogP contribution in [-0.4, -0.2) is 48.1 Å². The molecule has 1 aliphatic heterocycles. The van der Waals surface area contributed by atoms with Crippen LogP contribution < -0.4 is 5.73 Å². The monoisotopic (exact) mass is 300 g/mol. The SMILES string of the molecule is Nc1ccc(S(=O)(=O)N2CCC[C@H]2CO)c(C(=O)O)c1. The summed E-state index contributed by atoms with van der Waals surface area (Å²) in [6.45, 7) is -0.00635. The molecule has 1 aromatic carbocycles. The van der Waals surface area contributed by atoms with E-state index >= 15 is 0 Å². The molecule has 1 aromatic rings. The largest absolute Gasteiger partial charge is 0.478 e. The predicted molar refractivity (Wildman–Crippen MR) is 71.8 cm³/mol. The summed E-state index contributed by atoms with van der Waals surface area (Å²) in [6.07, 6.45) is 1.20. The third kappa shape index (κ3) is 2.49. The summed E-state index contributed by atoms with van der Waals surface area (Å²) in [5.74, 6) is -1.35. The first kappa shape index (κ1) is 14.8. The maximum Gasteiger partial charge on any atom is 0.337 e. The summed E-state index contributed by atoms with van der Waals surface area (Å²) in [6, 6.07) is 3.17. The van der Waals surface area contributed by atoms with Crippen molar-refractivity contribution in [2.45, 2.75) is 23.8 Å². The smallest absolute Gasteiger partial charge is 0.337 e. The summed E-state index contributed by atoms with van der Waals surface area (Å²) >= 11 is 0. The first-order valence-electron chi connectivity index (χ1n) is 6.13. The van der Waals surface area contributed by atoms with Gasteiger partial charge in [0.2, 0.25) is 10.0 Å². The topological polar surface area (TPSA) is 121 Å². The number of carbonyl (C=O) groups is 1. The molecule has 1 fully saturated rings. The fourth-order valence-corrected chi connectivity index (χ4v) is 4.22. The van der Waals surface area contributed by atoms with Gasteiger partial charge in [0.25, 0.3) is 0 Å². The summed E-state index contributed by atoms with van der Waals surface area (Å²) < 4.78 is 26.3. The van der Waals surface area contributed by atoms with Crippen molar-refractivity contribution in [2.24, 2.45) is 0 Å². The summed E-state index contributed by atoms with van der Waals surface area (Å²) in [4.78, 5) is 10.9. The van der Waals surface area contributed by atoms with Crippen molar-refractivity contribution in [1.82, 2.24) is 4.31 Å². The Labute approximate surface area is 116 Å². The van der Waals surface area contributed by atoms with Gasteiger partial charge >= 0.3 is 5.97 Å². The molecule has 4 N–H and O–H groups in total. The summed E-state index contributed by atoms with van der Waals surface area (Å²) in [5.41, 5.74) is 5.33. The van der Waals surface area contributed by atoms with E-state index in [9.17, 15) is 18.3 Å². The predicted octanol–water partition coefficient (Wildman–Crippen LogP) is 0.112. The molecule has 0 bridgehead atoms. The van der Waals surface area contributed by atoms with Gasteiger partial charge in [0.1, 0.15) is 0 Å². The number of anilines is 1. The van der Waals surface area contributed by atoms with Gasteiger partial charge in [-0.15, -0.1) is 0 Å². The normalized spacial score (nSPS) is 20.1. The number of sulfonamides is 1. The van der Waals surface area contributed by atoms with Gasteiger partial charge < -0.3 is 15.9 Å². The third-order valence-corrected chi connectivity index (χ3v) is 5.36. The van der Waals surface area contributed by atoms with Crippen molar-refractivity contribution in [3.63, 3.8) is 0 Å². The molecular formula is C12H16N2O5S. The third-order valence-electron chi connectivity index (χ3n) is 3.35. The Balaban J connectivity index is 2.52. The molecule has 0 unspecified atom stereocenters. The number of nitrogen functional groups attached to an aromatic ring is 1. The lowest BCUT2D eigenvalue weighted by atomic mass is 10.2. The maximum absolute atomic E-state index is 12.6. The first-order valence-corrected chi connectivity index (χ1v) is 7.57. The van der Waals surface area contributed by atoms with Crippen LogP contribution in [0, 0.1) is 0 Å². The average molecular weight is 300 g/mol. The number of hydrogen-bond donors (Lipinski definition) is 3. The van der Waals surface area contributed by atoms with E-state index in [4.69, 9.17) is 10.8 Å². The average Bonchev–Trinajstić information content (AvgIpc) is 2.87. The van der Waals surface area contributed by atoms with E-state index in [2.05, 4.69) is 0 Å². The Bertz CT molecular complexity index is 629. The quantitative estimate of drug-likeness (QED) is 0.679. The number of hydrogen-bond acceptors (Lipinski definition) is 5. The van der Waals surface area contributed by atoms with Crippen molar-refractivity contribution in [1.29, 1.82) is 0 Å². The highest BCUT2D eigenvalue weighted by molar-refractivity contribution is 7.89. The Morgan fingerprint density at radius 3 is 2.75 bits per heavy atom. The molecule has 1 heterocycles. The molecule has 0 spiro atoms. The molecule has 0 saturated carbocycles. The molecule has 0 aliphatic carbocycles. The summed E-state index contributed by atoms with van der Waals surface area (Å²) in [7, 11) is -3.96. The highest BCUT2D eigenvalue weighted by atomic mass is 32.2. The molecule has 0 amide bonds. The van der Waals surface area contributed by atoms with Gasteiger partial charge in [0, 0.05) is 18.3 Å². The molecule has 2 rings (SSSR count). The van der Waals surface area contributed by atoms with Crippen molar-refractivity contribution in [3.05, 3.63) is 23.8 Å². The van der Waals surface area contributed by atoms with E-state index in [1.54, 1.807) is 0 Å². The van der Waals surface area contributed by atoms with Crippen LogP contribution in [0.1, 0.15) is 23.2 Å². The maximum atomic E-state index is 12.6. The Kier molecular flexibility index (Phi) is 3.98. The van der Waals surface area contributed by atoms with Gasteiger partial charge in [-0.2, -0.15) is 4.31 Å². The molecule has 8 heteroatoms. The second-order valence-electron chi connectivity index (χ2n) is 4.66. The fourth-order valence-electron chi connectivity index (χ4n) is 2.37. The number of carboxylic acid groups (broad SMARTS) is 1. The highest BCUT2D eigenvalue weighted by Crippen LogP contribution is 2.28. The number of carboxylic acids is 1. The minimum Gasteiger partial charge on any atom is -0.478 e. The number of aromatic carboxylic acids is 1. The second kappa shape index (κ2) is 5.39. The number of aliphatic hydroxyl groups is 1. The molecular weight excluding hydrogens is 284 g/mol. The molecule has 20 heavy (non-hydrogen) atoms. The zero-order chi connectivity index (χ0) is 14.9. The van der Waals surface area contributed by atoms with Crippen LogP contribution in [0.15, 0.2) is 23.1 Å². The molecule has 1 atom stereocenters. The van der Waals surface area contributed by atoms with Gasteiger partial charge in [0.05, 0.1) is 17.1 Å². The van der Waals surface area contributed by atoms with Crippen molar-refractivity contribution < 1.29 is 23.4 Å². The zero-order valence-electron chi connectivity index (χ0n) is 10.7. The van der Waals surface area contributed by atoms with Gasteiger partial charge in [-0.25, -0.2) is 13.2 Å². The second-order valence-corrected chi connectivity index (χ2v) is 6.51. The standard InChI is InChI=1S/C12H16N2O5S/c13-8-3-4-11(10(6-8)12(16)17)20(18,19)14-5-1-2-9(14)7-15/h3-4,6,9,15H,1-2,5,7,13H2,(H,16,17)/t9-/m0/s1. The van der Waals surface area contributed by atoms with E-state index in [0.29, 0.717) is 12.8 Å². The Morgan fingerprint density at radius 1 is 1.45 bits per heavy atom. The van der Waals surface area contributed by atoms with Crippen LogP contribution in [0.5, 0.6) is 0 Å². The molecule has 0 radical (unpaired) electrons. The summed E-state index contributed by atoms with van der Waals surface area (Å²) in [5, 5.41) is 18.4. The Hall–Kier alpha value is -1.64. The van der Waals surface area contributed by atoms with Crippen LogP contribution in [0.25, 0.3) is 0 Å². The lowest BCUT2D eigenvalue weighted by molar-refractivity contribution is 0.0692. The van der Waals surface area contributed by atoms with Crippen LogP contribution in [0.3, 0.4) is 0 Å². The molecule has 1 aliphatic rings. The van der Waals surface area contributed by atoms with Crippen LogP contribution in [0.4, 0.5) is 5.69 Å². The van der Waals surface area contributed by atoms with E-state index < -0.39 is 22.0 Å². The van der Waals surface area contributed by atoms with Crippen LogP contribution in [0.2, 0.25) is 0 Å². The minimum atomic E-state index is -3.96. The lowest BCUT2D eigenvalue weighted by Gasteiger charge is -2.23. The van der Waals surface area contributed by atoms with Gasteiger partial charge in [-0.05, 0) is 31.0 Å². The minimum absolute atomic E-state index is 0.182. The van der Waals surface area contributed by atoms with Crippen molar-refractivity contribution >= 4 is 21.7 Å². The van der Waals surface area contributed by atoms with Gasteiger partial charge in [-0.1, -0.05) is 0 Å². The number of nitrogens with zero attached hydrogens (tertiary/aromatic N) is 1.